The quantitative estimate of drug-likeness (QED) is 0.850. The minimum atomic E-state index is -0.431. The molecular formula is C13H16N2O2S. The lowest BCUT2D eigenvalue weighted by Gasteiger charge is -2.02. The summed E-state index contributed by atoms with van der Waals surface area (Å²) < 4.78 is 6.09. The molecule has 2 aromatic rings. The van der Waals surface area contributed by atoms with E-state index in [4.69, 9.17) is 4.74 Å². The second-order valence-electron chi connectivity index (χ2n) is 4.10. The fraction of sp³-hybridized carbons (Fsp3) is 0.385. The predicted molar refractivity (Wildman–Crippen MR) is 74.2 cm³/mol. The van der Waals surface area contributed by atoms with Gasteiger partial charge >= 0.3 is 6.09 Å². The molecule has 0 aliphatic carbocycles. The van der Waals surface area contributed by atoms with E-state index in [0.29, 0.717) is 11.7 Å². The summed E-state index contributed by atoms with van der Waals surface area (Å²) in [6.45, 7) is 4.54. The van der Waals surface area contributed by atoms with Gasteiger partial charge in [0, 0.05) is 0 Å². The Labute approximate surface area is 110 Å². The minimum Gasteiger partial charge on any atom is -0.449 e. The van der Waals surface area contributed by atoms with E-state index in [1.807, 2.05) is 19.1 Å². The monoisotopic (exact) mass is 264 g/mol. The molecule has 5 heteroatoms. The molecule has 1 amide bonds. The van der Waals surface area contributed by atoms with Crippen LogP contribution in [0.1, 0.15) is 25.3 Å². The van der Waals surface area contributed by atoms with Gasteiger partial charge in [-0.05, 0) is 31.0 Å². The highest BCUT2D eigenvalue weighted by atomic mass is 32.1. The van der Waals surface area contributed by atoms with Crippen LogP contribution in [0.15, 0.2) is 18.2 Å². The van der Waals surface area contributed by atoms with Crippen molar-refractivity contribution in [2.45, 2.75) is 26.7 Å². The standard InChI is InChI=1S/C13H16N2O2S/c1-3-4-7-17-13(16)15-12-14-10-6-5-9(2)8-11(10)18-12/h5-6,8H,3-4,7H2,1-2H3,(H,14,15,16). The Morgan fingerprint density at radius 1 is 1.50 bits per heavy atom. The van der Waals surface area contributed by atoms with Crippen molar-refractivity contribution in [1.29, 1.82) is 0 Å². The van der Waals surface area contributed by atoms with E-state index in [0.717, 1.165) is 23.1 Å². The van der Waals surface area contributed by atoms with E-state index in [1.165, 1.54) is 16.9 Å². The predicted octanol–water partition coefficient (Wildman–Crippen LogP) is 3.95. The van der Waals surface area contributed by atoms with Crippen LogP contribution in [0.3, 0.4) is 0 Å². The SMILES string of the molecule is CCCCOC(=O)Nc1nc2ccc(C)cc2s1. The van der Waals surface area contributed by atoms with Crippen molar-refractivity contribution in [3.63, 3.8) is 0 Å². The maximum Gasteiger partial charge on any atom is 0.413 e. The van der Waals surface area contributed by atoms with Crippen LogP contribution in [0, 0.1) is 6.92 Å². The summed E-state index contributed by atoms with van der Waals surface area (Å²) in [5, 5.41) is 3.24. The Bertz CT molecular complexity index is 551. The molecule has 0 spiro atoms. The molecule has 1 aromatic carbocycles. The van der Waals surface area contributed by atoms with Crippen LogP contribution >= 0.6 is 11.3 Å². The highest BCUT2D eigenvalue weighted by Gasteiger charge is 2.08. The maximum atomic E-state index is 11.5. The average molecular weight is 264 g/mol. The lowest BCUT2D eigenvalue weighted by atomic mass is 10.2. The highest BCUT2D eigenvalue weighted by molar-refractivity contribution is 7.22. The Balaban J connectivity index is 2.01. The van der Waals surface area contributed by atoms with Crippen molar-refractivity contribution in [2.75, 3.05) is 11.9 Å². The van der Waals surface area contributed by atoms with Gasteiger partial charge in [-0.2, -0.15) is 0 Å². The Morgan fingerprint density at radius 2 is 2.33 bits per heavy atom. The lowest BCUT2D eigenvalue weighted by molar-refractivity contribution is 0.160. The number of benzene rings is 1. The molecule has 0 saturated heterocycles. The van der Waals surface area contributed by atoms with Gasteiger partial charge in [0.15, 0.2) is 5.13 Å². The number of anilines is 1. The number of unbranched alkanes of at least 4 members (excludes halogenated alkanes) is 1. The van der Waals surface area contributed by atoms with Crippen LogP contribution in [0.25, 0.3) is 10.2 Å². The number of aryl methyl sites for hydroxylation is 1. The summed E-state index contributed by atoms with van der Waals surface area (Å²) in [6.07, 6.45) is 1.46. The number of nitrogens with one attached hydrogen (secondary N) is 1. The number of amides is 1. The Kier molecular flexibility index (Phi) is 4.15. The van der Waals surface area contributed by atoms with Gasteiger partial charge < -0.3 is 4.74 Å². The van der Waals surface area contributed by atoms with Crippen LogP contribution in [-0.4, -0.2) is 17.7 Å². The third kappa shape index (κ3) is 3.20. The third-order valence-electron chi connectivity index (χ3n) is 2.48. The molecule has 0 atom stereocenters. The first-order chi connectivity index (χ1) is 8.69. The summed E-state index contributed by atoms with van der Waals surface area (Å²) in [6, 6.07) is 6.01. The molecule has 0 aliphatic heterocycles. The first kappa shape index (κ1) is 12.8. The van der Waals surface area contributed by atoms with Crippen molar-refractivity contribution >= 4 is 32.8 Å². The highest BCUT2D eigenvalue weighted by Crippen LogP contribution is 2.26. The average Bonchev–Trinajstić information content (AvgIpc) is 2.70. The molecule has 2 rings (SSSR count). The van der Waals surface area contributed by atoms with Crippen molar-refractivity contribution in [3.8, 4) is 0 Å². The van der Waals surface area contributed by atoms with Gasteiger partial charge in [-0.1, -0.05) is 30.7 Å². The van der Waals surface area contributed by atoms with E-state index < -0.39 is 6.09 Å². The van der Waals surface area contributed by atoms with Gasteiger partial charge in [0.25, 0.3) is 0 Å². The van der Waals surface area contributed by atoms with Gasteiger partial charge in [-0.25, -0.2) is 9.78 Å². The van der Waals surface area contributed by atoms with Gasteiger partial charge in [0.2, 0.25) is 0 Å². The van der Waals surface area contributed by atoms with E-state index >= 15 is 0 Å². The number of fused-ring (bicyclic) bond motifs is 1. The Hall–Kier alpha value is -1.62. The van der Waals surface area contributed by atoms with Gasteiger partial charge in [-0.3, -0.25) is 5.32 Å². The molecule has 1 N–H and O–H groups in total. The Morgan fingerprint density at radius 3 is 3.11 bits per heavy atom. The molecule has 0 fully saturated rings. The topological polar surface area (TPSA) is 51.2 Å². The zero-order valence-electron chi connectivity index (χ0n) is 10.5. The molecule has 1 heterocycles. The summed E-state index contributed by atoms with van der Waals surface area (Å²) in [7, 11) is 0. The number of rotatable bonds is 4. The fourth-order valence-electron chi connectivity index (χ4n) is 1.52. The number of hydrogen-bond acceptors (Lipinski definition) is 4. The summed E-state index contributed by atoms with van der Waals surface area (Å²) in [4.78, 5) is 15.8. The molecule has 0 saturated carbocycles. The van der Waals surface area contributed by atoms with Crippen LogP contribution in [0.2, 0.25) is 0 Å². The largest absolute Gasteiger partial charge is 0.449 e. The molecule has 0 radical (unpaired) electrons. The van der Waals surface area contributed by atoms with E-state index in [2.05, 4.69) is 23.3 Å². The van der Waals surface area contributed by atoms with Gasteiger partial charge in [-0.15, -0.1) is 0 Å². The first-order valence-electron chi connectivity index (χ1n) is 6.00. The number of hydrogen-bond donors (Lipinski definition) is 1. The third-order valence-corrected chi connectivity index (χ3v) is 3.42. The summed E-state index contributed by atoms with van der Waals surface area (Å²) in [5.74, 6) is 0. The number of aromatic nitrogens is 1. The number of carbonyl (C=O) groups is 1. The van der Waals surface area contributed by atoms with Crippen molar-refractivity contribution in [2.24, 2.45) is 0 Å². The lowest BCUT2D eigenvalue weighted by Crippen LogP contribution is -2.13. The fourth-order valence-corrected chi connectivity index (χ4v) is 2.47. The molecule has 18 heavy (non-hydrogen) atoms. The van der Waals surface area contributed by atoms with E-state index in [9.17, 15) is 4.79 Å². The maximum absolute atomic E-state index is 11.5. The molecule has 96 valence electrons. The van der Waals surface area contributed by atoms with Crippen molar-refractivity contribution in [3.05, 3.63) is 23.8 Å². The second-order valence-corrected chi connectivity index (χ2v) is 5.14. The van der Waals surface area contributed by atoms with Gasteiger partial charge in [0.05, 0.1) is 16.8 Å². The molecular weight excluding hydrogens is 248 g/mol. The van der Waals surface area contributed by atoms with E-state index in [-0.39, 0.29) is 0 Å². The van der Waals surface area contributed by atoms with Crippen LogP contribution < -0.4 is 5.32 Å². The van der Waals surface area contributed by atoms with Crippen molar-refractivity contribution in [1.82, 2.24) is 4.98 Å². The molecule has 0 bridgehead atoms. The van der Waals surface area contributed by atoms with E-state index in [1.54, 1.807) is 0 Å². The number of carbonyl (C=O) groups excluding carboxylic acids is 1. The first-order valence-corrected chi connectivity index (χ1v) is 6.81. The number of ether oxygens (including phenoxy) is 1. The molecule has 4 nitrogen and oxygen atoms in total. The normalized spacial score (nSPS) is 10.6. The smallest absolute Gasteiger partial charge is 0.413 e. The zero-order valence-corrected chi connectivity index (χ0v) is 11.3. The minimum absolute atomic E-state index is 0.431. The molecule has 1 aromatic heterocycles. The van der Waals surface area contributed by atoms with Gasteiger partial charge in [0.1, 0.15) is 0 Å². The zero-order chi connectivity index (χ0) is 13.0. The van der Waals surface area contributed by atoms with Crippen LogP contribution in [-0.2, 0) is 4.74 Å². The second kappa shape index (κ2) is 5.82. The molecule has 0 unspecified atom stereocenters. The molecule has 0 aliphatic rings. The van der Waals surface area contributed by atoms with Crippen molar-refractivity contribution < 1.29 is 9.53 Å². The summed E-state index contributed by atoms with van der Waals surface area (Å²) >= 11 is 1.46. The number of thiazole rings is 1. The van der Waals surface area contributed by atoms with Crippen LogP contribution in [0.4, 0.5) is 9.93 Å². The summed E-state index contributed by atoms with van der Waals surface area (Å²) in [5.41, 5.74) is 2.08. The van der Waals surface area contributed by atoms with Crippen LogP contribution in [0.5, 0.6) is 0 Å². The number of nitrogens with zero attached hydrogens (tertiary/aromatic N) is 1.